The first kappa shape index (κ1) is 14.7. The van der Waals surface area contributed by atoms with Crippen LogP contribution in [0.2, 0.25) is 0 Å². The molecule has 0 amide bonds. The summed E-state index contributed by atoms with van der Waals surface area (Å²) < 4.78 is 0. The Morgan fingerprint density at radius 3 is 1.74 bits per heavy atom. The molecule has 0 heterocycles. The Labute approximate surface area is 131 Å². The van der Waals surface area contributed by atoms with Crippen molar-refractivity contribution >= 4 is 41.5 Å². The van der Waals surface area contributed by atoms with Crippen LogP contribution in [0.1, 0.15) is 26.3 Å². The molecule has 2 aromatic rings. The highest BCUT2D eigenvalue weighted by atomic mass is 127. The van der Waals surface area contributed by atoms with E-state index in [4.69, 9.17) is 0 Å². The average Bonchev–Trinajstić information content (AvgIpc) is 2.39. The predicted octanol–water partition coefficient (Wildman–Crippen LogP) is 6.17. The molecule has 0 spiro atoms. The van der Waals surface area contributed by atoms with Crippen LogP contribution in [-0.2, 0) is 5.41 Å². The molecule has 3 heteroatoms. The summed E-state index contributed by atoms with van der Waals surface area (Å²) in [7, 11) is 1.73. The number of hydrogen-bond donors (Lipinski definition) is 1. The van der Waals surface area contributed by atoms with E-state index in [-0.39, 0.29) is 5.41 Å². The van der Waals surface area contributed by atoms with Crippen molar-refractivity contribution in [3.05, 3.63) is 54.1 Å². The standard InChI is InChI=1S/C16H18INS/c1-16(2,3)12-4-6-13(7-5-12)18-14-8-10-15(19-17)11-9-14/h4-11,18H,1-3H3. The van der Waals surface area contributed by atoms with Crippen molar-refractivity contribution in [3.8, 4) is 0 Å². The van der Waals surface area contributed by atoms with Crippen LogP contribution in [0.15, 0.2) is 53.4 Å². The van der Waals surface area contributed by atoms with E-state index in [0.29, 0.717) is 0 Å². The molecule has 0 aliphatic carbocycles. The first-order valence-corrected chi connectivity index (χ1v) is 9.61. The van der Waals surface area contributed by atoms with Crippen LogP contribution in [0.5, 0.6) is 0 Å². The third-order valence-corrected chi connectivity index (χ3v) is 4.96. The third kappa shape index (κ3) is 4.14. The molecule has 0 fully saturated rings. The van der Waals surface area contributed by atoms with Gasteiger partial charge < -0.3 is 5.32 Å². The second-order valence-corrected chi connectivity index (χ2v) is 7.50. The third-order valence-electron chi connectivity index (χ3n) is 2.98. The van der Waals surface area contributed by atoms with Gasteiger partial charge in [0.25, 0.3) is 0 Å². The highest BCUT2D eigenvalue weighted by molar-refractivity contribution is 14.2. The van der Waals surface area contributed by atoms with Gasteiger partial charge in [0.15, 0.2) is 0 Å². The molecule has 0 aliphatic rings. The quantitative estimate of drug-likeness (QED) is 0.636. The van der Waals surface area contributed by atoms with Crippen molar-refractivity contribution in [2.24, 2.45) is 0 Å². The van der Waals surface area contributed by atoms with E-state index >= 15 is 0 Å². The van der Waals surface area contributed by atoms with Gasteiger partial charge in [-0.3, -0.25) is 0 Å². The monoisotopic (exact) mass is 383 g/mol. The van der Waals surface area contributed by atoms with Crippen LogP contribution in [0.3, 0.4) is 0 Å². The van der Waals surface area contributed by atoms with Crippen molar-refractivity contribution in [2.45, 2.75) is 31.1 Å². The summed E-state index contributed by atoms with van der Waals surface area (Å²) in [6, 6.07) is 17.1. The summed E-state index contributed by atoms with van der Waals surface area (Å²) in [4.78, 5) is 1.27. The molecule has 2 rings (SSSR count). The van der Waals surface area contributed by atoms with Gasteiger partial charge in [-0.05, 0) is 47.4 Å². The predicted molar refractivity (Wildman–Crippen MR) is 94.7 cm³/mol. The largest absolute Gasteiger partial charge is 0.356 e. The second kappa shape index (κ2) is 6.18. The lowest BCUT2D eigenvalue weighted by molar-refractivity contribution is 0.590. The molecule has 2 aromatic carbocycles. The van der Waals surface area contributed by atoms with E-state index in [1.54, 1.807) is 8.93 Å². The average molecular weight is 383 g/mol. The van der Waals surface area contributed by atoms with Crippen molar-refractivity contribution < 1.29 is 0 Å². The van der Waals surface area contributed by atoms with Gasteiger partial charge in [-0.25, -0.2) is 0 Å². The maximum Gasteiger partial charge on any atom is 0.0385 e. The molecule has 0 aromatic heterocycles. The van der Waals surface area contributed by atoms with Crippen molar-refractivity contribution in [3.63, 3.8) is 0 Å². The molecule has 0 aliphatic heterocycles. The van der Waals surface area contributed by atoms with E-state index in [1.165, 1.54) is 10.5 Å². The Balaban J connectivity index is 2.10. The molecule has 1 nitrogen and oxygen atoms in total. The van der Waals surface area contributed by atoms with Crippen molar-refractivity contribution in [1.29, 1.82) is 0 Å². The van der Waals surface area contributed by atoms with Crippen LogP contribution in [0, 0.1) is 0 Å². The zero-order valence-corrected chi connectivity index (χ0v) is 14.4. The van der Waals surface area contributed by atoms with Gasteiger partial charge in [-0.15, -0.1) is 0 Å². The Bertz CT molecular complexity index is 526. The summed E-state index contributed by atoms with van der Waals surface area (Å²) in [5.41, 5.74) is 3.81. The summed E-state index contributed by atoms with van der Waals surface area (Å²) in [5.74, 6) is 0. The fraction of sp³-hybridized carbons (Fsp3) is 0.250. The van der Waals surface area contributed by atoms with Crippen molar-refractivity contribution in [1.82, 2.24) is 0 Å². The highest BCUT2D eigenvalue weighted by Crippen LogP contribution is 2.28. The van der Waals surface area contributed by atoms with Crippen LogP contribution >= 0.6 is 30.1 Å². The lowest BCUT2D eigenvalue weighted by atomic mass is 9.87. The molecule has 19 heavy (non-hydrogen) atoms. The Morgan fingerprint density at radius 1 is 0.842 bits per heavy atom. The number of halogens is 1. The minimum absolute atomic E-state index is 0.206. The lowest BCUT2D eigenvalue weighted by Gasteiger charge is -2.19. The molecular weight excluding hydrogens is 365 g/mol. The normalized spacial score (nSPS) is 11.4. The summed E-state index contributed by atoms with van der Waals surface area (Å²) in [6.07, 6.45) is 0. The minimum Gasteiger partial charge on any atom is -0.356 e. The van der Waals surface area contributed by atoms with Gasteiger partial charge in [0.05, 0.1) is 0 Å². The fourth-order valence-corrected chi connectivity index (χ4v) is 2.93. The first-order valence-electron chi connectivity index (χ1n) is 6.25. The van der Waals surface area contributed by atoms with E-state index in [1.807, 2.05) is 0 Å². The van der Waals surface area contributed by atoms with Gasteiger partial charge in [-0.2, -0.15) is 0 Å². The number of anilines is 2. The number of hydrogen-bond acceptors (Lipinski definition) is 2. The second-order valence-electron chi connectivity index (χ2n) is 5.55. The molecule has 0 radical (unpaired) electrons. The van der Waals surface area contributed by atoms with Crippen LogP contribution in [0.4, 0.5) is 11.4 Å². The summed E-state index contributed by atoms with van der Waals surface area (Å²) >= 11 is 2.30. The Morgan fingerprint density at radius 2 is 1.32 bits per heavy atom. The van der Waals surface area contributed by atoms with Gasteiger partial charge in [0.2, 0.25) is 0 Å². The first-order chi connectivity index (χ1) is 8.99. The zero-order chi connectivity index (χ0) is 13.9. The van der Waals surface area contributed by atoms with Gasteiger partial charge in [-0.1, -0.05) is 41.8 Å². The highest BCUT2D eigenvalue weighted by Gasteiger charge is 2.12. The summed E-state index contributed by atoms with van der Waals surface area (Å²) in [6.45, 7) is 6.70. The maximum absolute atomic E-state index is 3.42. The van der Waals surface area contributed by atoms with E-state index < -0.39 is 0 Å². The number of rotatable bonds is 3. The van der Waals surface area contributed by atoms with Gasteiger partial charge in [0.1, 0.15) is 0 Å². The van der Waals surface area contributed by atoms with Gasteiger partial charge in [0, 0.05) is 37.5 Å². The molecule has 1 N–H and O–H groups in total. The summed E-state index contributed by atoms with van der Waals surface area (Å²) in [5, 5.41) is 3.42. The fourth-order valence-electron chi connectivity index (χ4n) is 1.81. The van der Waals surface area contributed by atoms with E-state index in [0.717, 1.165) is 11.4 Å². The van der Waals surface area contributed by atoms with Crippen LogP contribution in [-0.4, -0.2) is 0 Å². The van der Waals surface area contributed by atoms with Gasteiger partial charge >= 0.3 is 0 Å². The Hall–Kier alpha value is -0.680. The van der Waals surface area contributed by atoms with E-state index in [2.05, 4.69) is 95.8 Å². The minimum atomic E-state index is 0.206. The molecule has 0 saturated carbocycles. The molecule has 0 bridgehead atoms. The number of benzene rings is 2. The van der Waals surface area contributed by atoms with Crippen molar-refractivity contribution in [2.75, 3.05) is 5.32 Å². The Kier molecular flexibility index (Phi) is 4.79. The smallest absolute Gasteiger partial charge is 0.0385 e. The van der Waals surface area contributed by atoms with Crippen LogP contribution < -0.4 is 5.32 Å². The lowest BCUT2D eigenvalue weighted by Crippen LogP contribution is -2.10. The topological polar surface area (TPSA) is 12.0 Å². The maximum atomic E-state index is 3.42. The van der Waals surface area contributed by atoms with Crippen LogP contribution in [0.25, 0.3) is 0 Å². The SMILES string of the molecule is CC(C)(C)c1ccc(Nc2ccc(SI)cc2)cc1. The number of nitrogens with one attached hydrogen (secondary N) is 1. The van der Waals surface area contributed by atoms with E-state index in [9.17, 15) is 0 Å². The molecular formula is C16H18INS. The molecule has 100 valence electrons. The molecule has 0 unspecified atom stereocenters. The molecule has 0 saturated heterocycles. The molecule has 0 atom stereocenters. The zero-order valence-electron chi connectivity index (χ0n) is 11.4.